The summed E-state index contributed by atoms with van der Waals surface area (Å²) < 4.78 is 0. The Kier molecular flexibility index (Phi) is 10.2. The Hall–Kier alpha value is -5.59. The second-order valence-electron chi connectivity index (χ2n) is 16.9. The quantitative estimate of drug-likeness (QED) is 0.359. The van der Waals surface area contributed by atoms with Crippen molar-refractivity contribution < 1.29 is 24.0 Å². The predicted molar refractivity (Wildman–Crippen MR) is 219 cm³/mol. The number of hydrogen-bond acceptors (Lipinski definition) is 12. The normalized spacial score (nSPS) is 23.8. The number of amides is 5. The number of piperidine rings is 3. The van der Waals surface area contributed by atoms with E-state index in [1.165, 1.54) is 0 Å². The molecule has 1 spiro atoms. The van der Waals surface area contributed by atoms with Crippen LogP contribution in [0.25, 0.3) is 0 Å². The van der Waals surface area contributed by atoms with Gasteiger partial charge < -0.3 is 19.6 Å². The molecule has 1 N–H and O–H groups in total. The molecule has 59 heavy (non-hydrogen) atoms. The number of hydrogen-bond donors (Lipinski definition) is 1. The number of nitrogens with one attached hydrogen (secondary N) is 1. The van der Waals surface area contributed by atoms with Gasteiger partial charge in [-0.1, -0.05) is 11.6 Å². The molecule has 6 aliphatic heterocycles. The maximum atomic E-state index is 13.5. The molecular weight excluding hydrogens is 772 g/mol. The summed E-state index contributed by atoms with van der Waals surface area (Å²) in [7, 11) is 0. The Balaban J connectivity index is 0.736. The molecule has 0 aliphatic carbocycles. The van der Waals surface area contributed by atoms with E-state index in [2.05, 4.69) is 42.9 Å². The second kappa shape index (κ2) is 15.5. The van der Waals surface area contributed by atoms with Crippen molar-refractivity contribution in [3.05, 3.63) is 76.2 Å². The average Bonchev–Trinajstić information content (AvgIpc) is 3.71. The molecule has 5 amide bonds. The van der Waals surface area contributed by atoms with Gasteiger partial charge >= 0.3 is 0 Å². The van der Waals surface area contributed by atoms with Crippen molar-refractivity contribution in [3.8, 4) is 6.07 Å². The van der Waals surface area contributed by atoms with Gasteiger partial charge in [0.2, 0.25) is 11.8 Å². The molecule has 15 nitrogen and oxygen atoms in total. The average molecular weight is 819 g/mol. The van der Waals surface area contributed by atoms with Crippen LogP contribution in [-0.4, -0.2) is 131 Å². The van der Waals surface area contributed by atoms with Crippen LogP contribution in [-0.2, 0) is 9.59 Å². The van der Waals surface area contributed by atoms with Crippen molar-refractivity contribution >= 4 is 58.3 Å². The van der Waals surface area contributed by atoms with Crippen LogP contribution in [0.4, 0.5) is 17.2 Å². The van der Waals surface area contributed by atoms with E-state index < -0.39 is 29.7 Å². The van der Waals surface area contributed by atoms with E-state index in [0.29, 0.717) is 41.5 Å². The van der Waals surface area contributed by atoms with Crippen LogP contribution in [0.5, 0.6) is 0 Å². The first kappa shape index (κ1) is 38.9. The highest BCUT2D eigenvalue weighted by Gasteiger charge is 2.46. The highest BCUT2D eigenvalue weighted by atomic mass is 35.5. The van der Waals surface area contributed by atoms with Crippen molar-refractivity contribution in [2.75, 3.05) is 73.6 Å². The van der Waals surface area contributed by atoms with E-state index in [4.69, 9.17) is 16.6 Å². The number of likely N-dealkylation sites (tertiary alicyclic amines) is 1. The molecule has 16 heteroatoms. The third-order valence-electron chi connectivity index (χ3n) is 13.5. The predicted octanol–water partition coefficient (Wildman–Crippen LogP) is 3.72. The summed E-state index contributed by atoms with van der Waals surface area (Å²) in [6.45, 7) is 9.42. The van der Waals surface area contributed by atoms with Gasteiger partial charge in [0, 0.05) is 88.8 Å². The first-order valence-electron chi connectivity index (χ1n) is 20.7. The van der Waals surface area contributed by atoms with Crippen molar-refractivity contribution in [1.82, 2.24) is 30.0 Å². The van der Waals surface area contributed by atoms with Gasteiger partial charge in [-0.05, 0) is 87.3 Å². The zero-order valence-corrected chi connectivity index (χ0v) is 33.9. The van der Waals surface area contributed by atoms with Crippen LogP contribution in [0.15, 0.2) is 48.8 Å². The van der Waals surface area contributed by atoms with Gasteiger partial charge in [-0.25, -0.2) is 9.97 Å². The summed E-state index contributed by atoms with van der Waals surface area (Å²) in [5.74, 6) is -1.31. The maximum Gasteiger partial charge on any atom is 0.274 e. The summed E-state index contributed by atoms with van der Waals surface area (Å²) in [6.07, 6.45) is 8.48. The van der Waals surface area contributed by atoms with Gasteiger partial charge in [-0.3, -0.25) is 39.1 Å². The molecule has 1 unspecified atom stereocenters. The third-order valence-corrected chi connectivity index (χ3v) is 13.9. The summed E-state index contributed by atoms with van der Waals surface area (Å²) in [4.78, 5) is 85.6. The van der Waals surface area contributed by atoms with E-state index in [0.717, 1.165) is 100 Å². The largest absolute Gasteiger partial charge is 0.369 e. The number of nitrogens with zero attached hydrogens (tertiary/aromatic N) is 9. The first-order chi connectivity index (χ1) is 28.5. The Morgan fingerprint density at radius 3 is 2.25 bits per heavy atom. The van der Waals surface area contributed by atoms with Crippen LogP contribution in [0.3, 0.4) is 0 Å². The van der Waals surface area contributed by atoms with E-state index in [9.17, 15) is 29.2 Å². The zero-order chi connectivity index (χ0) is 41.0. The van der Waals surface area contributed by atoms with Crippen LogP contribution >= 0.6 is 11.6 Å². The topological polar surface area (TPSA) is 166 Å². The number of carbonyl (C=O) groups excluding carboxylic acids is 5. The smallest absolute Gasteiger partial charge is 0.274 e. The van der Waals surface area contributed by atoms with Gasteiger partial charge in [-0.2, -0.15) is 5.26 Å². The van der Waals surface area contributed by atoms with Gasteiger partial charge in [-0.15, -0.1) is 0 Å². The molecule has 7 heterocycles. The zero-order valence-electron chi connectivity index (χ0n) is 33.1. The number of aromatic nitrogens is 2. The fourth-order valence-electron chi connectivity index (χ4n) is 10.2. The minimum atomic E-state index is -0.986. The molecule has 0 bridgehead atoms. The van der Waals surface area contributed by atoms with Crippen LogP contribution in [0.2, 0.25) is 5.02 Å². The number of halogens is 1. The van der Waals surface area contributed by atoms with Crippen LogP contribution < -0.4 is 20.0 Å². The lowest BCUT2D eigenvalue weighted by Crippen LogP contribution is -2.54. The molecule has 2 aromatic carbocycles. The SMILES string of the molecule is C[C@H]1CC2(CCN(c3cnc(C(=O)N4CCC(N5CCN(c6ccc7c(c6)C(=O)N(C6CCC(=O)NC6=O)C7=O)CC5)CC4)cn3)CC2)CN1c1ccc(C#N)c(Cl)c1. The minimum absolute atomic E-state index is 0.0825. The second-order valence-corrected chi connectivity index (χ2v) is 17.3. The van der Waals surface area contributed by atoms with Crippen LogP contribution in [0.1, 0.15) is 88.6 Å². The highest BCUT2D eigenvalue weighted by molar-refractivity contribution is 6.32. The Morgan fingerprint density at radius 1 is 0.847 bits per heavy atom. The lowest BCUT2D eigenvalue weighted by molar-refractivity contribution is -0.136. The fraction of sp³-hybridized carbons (Fsp3) is 0.488. The summed E-state index contributed by atoms with van der Waals surface area (Å²) >= 11 is 6.37. The molecule has 5 fully saturated rings. The van der Waals surface area contributed by atoms with Crippen molar-refractivity contribution in [2.45, 2.75) is 70.0 Å². The van der Waals surface area contributed by atoms with Gasteiger partial charge in [0.15, 0.2) is 0 Å². The number of piperazine rings is 1. The maximum absolute atomic E-state index is 13.5. The molecule has 0 saturated carbocycles. The molecule has 0 radical (unpaired) electrons. The molecular formula is C43H47ClN10O5. The molecule has 6 aliphatic rings. The van der Waals surface area contributed by atoms with Crippen molar-refractivity contribution in [1.29, 1.82) is 5.26 Å². The summed E-state index contributed by atoms with van der Waals surface area (Å²) in [6, 6.07) is 12.9. The number of fused-ring (bicyclic) bond motifs is 1. The number of rotatable bonds is 6. The van der Waals surface area contributed by atoms with E-state index >= 15 is 0 Å². The monoisotopic (exact) mass is 818 g/mol. The number of carbonyl (C=O) groups is 5. The Bertz CT molecular complexity index is 2240. The third kappa shape index (κ3) is 7.26. The Morgan fingerprint density at radius 2 is 1.58 bits per heavy atom. The van der Waals surface area contributed by atoms with Crippen molar-refractivity contribution in [2.24, 2.45) is 5.41 Å². The first-order valence-corrected chi connectivity index (χ1v) is 21.1. The van der Waals surface area contributed by atoms with E-state index in [1.54, 1.807) is 30.6 Å². The summed E-state index contributed by atoms with van der Waals surface area (Å²) in [5.41, 5.74) is 3.55. The molecule has 2 atom stereocenters. The van der Waals surface area contributed by atoms with Crippen LogP contribution in [0, 0.1) is 16.7 Å². The van der Waals surface area contributed by atoms with Gasteiger partial charge in [0.05, 0.1) is 34.1 Å². The lowest BCUT2D eigenvalue weighted by Gasteiger charge is -2.43. The molecule has 1 aromatic heterocycles. The molecule has 3 aromatic rings. The lowest BCUT2D eigenvalue weighted by atomic mass is 9.77. The summed E-state index contributed by atoms with van der Waals surface area (Å²) in [5, 5.41) is 12.0. The Labute approximate surface area is 347 Å². The standard InChI is InChI=1S/C43H47ClN10O5/c1-27-22-43(26-53(27)31-3-2-28(23-45)34(44)21-31)10-14-51(15-11-43)37-25-46-35(24-47-37)42(59)52-12-8-29(9-13-52)49-16-18-50(19-17-49)30-4-5-32-33(20-30)41(58)54(40(32)57)36-6-7-38(55)48-39(36)56/h2-5,20-21,24-25,27,29,36H,6-19,22,26H2,1H3,(H,48,55,56)/t27-,36?/m0/s1. The van der Waals surface area contributed by atoms with Crippen molar-refractivity contribution in [3.63, 3.8) is 0 Å². The fourth-order valence-corrected chi connectivity index (χ4v) is 10.4. The van der Waals surface area contributed by atoms with E-state index in [-0.39, 0.29) is 35.3 Å². The molecule has 5 saturated heterocycles. The number of anilines is 3. The number of imide groups is 2. The highest BCUT2D eigenvalue weighted by Crippen LogP contribution is 2.46. The van der Waals surface area contributed by atoms with E-state index in [1.807, 2.05) is 23.1 Å². The molecule has 9 rings (SSSR count). The van der Waals surface area contributed by atoms with Gasteiger partial charge in [0.25, 0.3) is 17.7 Å². The molecule has 306 valence electrons. The number of benzene rings is 2. The minimum Gasteiger partial charge on any atom is -0.369 e. The number of nitriles is 1. The van der Waals surface area contributed by atoms with Gasteiger partial charge in [0.1, 0.15) is 23.6 Å².